The van der Waals surface area contributed by atoms with E-state index in [1.54, 1.807) is 0 Å². The summed E-state index contributed by atoms with van der Waals surface area (Å²) in [4.78, 5) is 26.5. The molecule has 1 fully saturated rings. The van der Waals surface area contributed by atoms with Crippen molar-refractivity contribution in [2.75, 3.05) is 7.11 Å². The minimum absolute atomic E-state index is 0.141. The fourth-order valence-corrected chi connectivity index (χ4v) is 0.815. The van der Waals surface area contributed by atoms with Crippen molar-refractivity contribution in [3.05, 3.63) is 0 Å². The molecule has 15 heavy (non-hydrogen) atoms. The Morgan fingerprint density at radius 2 is 2.20 bits per heavy atom. The third-order valence-electron chi connectivity index (χ3n) is 1.64. The quantitative estimate of drug-likeness (QED) is 0.484. The molecule has 7 heteroatoms. The lowest BCUT2D eigenvalue weighted by Crippen LogP contribution is -2.43. The number of urea groups is 1. The van der Waals surface area contributed by atoms with E-state index in [1.807, 2.05) is 5.32 Å². The summed E-state index contributed by atoms with van der Waals surface area (Å²) in [5.41, 5.74) is -0.497. The highest BCUT2D eigenvalue weighted by atomic mass is 16.6. The van der Waals surface area contributed by atoms with Crippen molar-refractivity contribution in [2.24, 2.45) is 5.16 Å². The SMILES string of the molecule is CON=C(C#N)C(=O)NC(=O)NC1CC1. The van der Waals surface area contributed by atoms with Gasteiger partial charge in [0.1, 0.15) is 13.2 Å². The predicted molar refractivity (Wildman–Crippen MR) is 49.8 cm³/mol. The molecule has 0 atom stereocenters. The Morgan fingerprint density at radius 1 is 1.53 bits per heavy atom. The molecule has 0 heterocycles. The van der Waals surface area contributed by atoms with Gasteiger partial charge in [0.2, 0.25) is 5.71 Å². The molecule has 0 aliphatic heterocycles. The fourth-order valence-electron chi connectivity index (χ4n) is 0.815. The topological polar surface area (TPSA) is 104 Å². The Bertz CT molecular complexity index is 340. The van der Waals surface area contributed by atoms with Crippen molar-refractivity contribution < 1.29 is 14.4 Å². The van der Waals surface area contributed by atoms with E-state index in [0.717, 1.165) is 12.8 Å². The summed E-state index contributed by atoms with van der Waals surface area (Å²) >= 11 is 0. The largest absolute Gasteiger partial charge is 0.398 e. The van der Waals surface area contributed by atoms with E-state index in [1.165, 1.54) is 13.2 Å². The van der Waals surface area contributed by atoms with Crippen LogP contribution in [0, 0.1) is 11.3 Å². The zero-order valence-electron chi connectivity index (χ0n) is 8.11. The van der Waals surface area contributed by atoms with Crippen LogP contribution in [0.3, 0.4) is 0 Å². The van der Waals surface area contributed by atoms with E-state index in [2.05, 4.69) is 15.3 Å². The first-order valence-corrected chi connectivity index (χ1v) is 4.30. The van der Waals surface area contributed by atoms with Gasteiger partial charge in [-0.05, 0) is 12.8 Å². The van der Waals surface area contributed by atoms with Crippen LogP contribution in [-0.4, -0.2) is 30.8 Å². The Morgan fingerprint density at radius 3 is 2.67 bits per heavy atom. The molecule has 1 aliphatic carbocycles. The number of nitrogens with one attached hydrogen (secondary N) is 2. The van der Waals surface area contributed by atoms with Gasteiger partial charge in [0.05, 0.1) is 0 Å². The van der Waals surface area contributed by atoms with Crippen molar-refractivity contribution in [3.63, 3.8) is 0 Å². The summed E-state index contributed by atoms with van der Waals surface area (Å²) in [6.07, 6.45) is 1.83. The van der Waals surface area contributed by atoms with E-state index in [-0.39, 0.29) is 6.04 Å². The zero-order chi connectivity index (χ0) is 11.3. The van der Waals surface area contributed by atoms with E-state index >= 15 is 0 Å². The number of imide groups is 1. The summed E-state index contributed by atoms with van der Waals surface area (Å²) in [5, 5.41) is 16.1. The molecule has 0 bridgehead atoms. The number of amides is 3. The van der Waals surface area contributed by atoms with Crippen molar-refractivity contribution >= 4 is 17.6 Å². The minimum Gasteiger partial charge on any atom is -0.398 e. The maximum absolute atomic E-state index is 11.2. The second kappa shape index (κ2) is 4.95. The van der Waals surface area contributed by atoms with Gasteiger partial charge in [-0.2, -0.15) is 5.26 Å². The van der Waals surface area contributed by atoms with Gasteiger partial charge in [-0.25, -0.2) is 4.79 Å². The molecule has 0 aromatic carbocycles. The van der Waals surface area contributed by atoms with Crippen molar-refractivity contribution in [1.82, 2.24) is 10.6 Å². The van der Waals surface area contributed by atoms with E-state index in [4.69, 9.17) is 5.26 Å². The molecular weight excluding hydrogens is 200 g/mol. The van der Waals surface area contributed by atoms with Crippen molar-refractivity contribution in [3.8, 4) is 6.07 Å². The van der Waals surface area contributed by atoms with Gasteiger partial charge >= 0.3 is 6.03 Å². The molecule has 7 nitrogen and oxygen atoms in total. The van der Waals surface area contributed by atoms with Gasteiger partial charge in [0, 0.05) is 6.04 Å². The molecule has 0 radical (unpaired) electrons. The maximum atomic E-state index is 11.2. The summed E-state index contributed by atoms with van der Waals surface area (Å²) < 4.78 is 0. The molecule has 0 spiro atoms. The number of carbonyl (C=O) groups excluding carboxylic acids is 2. The first kappa shape index (κ1) is 11.0. The smallest absolute Gasteiger partial charge is 0.321 e. The normalized spacial score (nSPS) is 15.1. The van der Waals surface area contributed by atoms with E-state index < -0.39 is 17.6 Å². The molecule has 0 aromatic heterocycles. The van der Waals surface area contributed by atoms with Gasteiger partial charge in [0.15, 0.2) is 0 Å². The van der Waals surface area contributed by atoms with Crippen LogP contribution < -0.4 is 10.6 Å². The standard InChI is InChI=1S/C8H10N4O3/c1-15-12-6(4-9)7(13)11-8(14)10-5-2-3-5/h5H,2-3H2,1H3,(H2,10,11,13,14). The number of hydrogen-bond acceptors (Lipinski definition) is 5. The van der Waals surface area contributed by atoms with Gasteiger partial charge in [-0.15, -0.1) is 0 Å². The van der Waals surface area contributed by atoms with Crippen LogP contribution in [-0.2, 0) is 9.63 Å². The van der Waals surface area contributed by atoms with Gasteiger partial charge in [-0.1, -0.05) is 5.16 Å². The van der Waals surface area contributed by atoms with Crippen LogP contribution in [0.2, 0.25) is 0 Å². The van der Waals surface area contributed by atoms with Crippen LogP contribution in [0.4, 0.5) is 4.79 Å². The van der Waals surface area contributed by atoms with Crippen LogP contribution in [0.5, 0.6) is 0 Å². The molecule has 0 aromatic rings. The van der Waals surface area contributed by atoms with Crippen LogP contribution in [0.15, 0.2) is 5.16 Å². The number of rotatable bonds is 3. The number of hydrogen-bond donors (Lipinski definition) is 2. The average molecular weight is 210 g/mol. The summed E-state index contributed by atoms with van der Waals surface area (Å²) in [6, 6.07) is 1.03. The molecular formula is C8H10N4O3. The van der Waals surface area contributed by atoms with Crippen LogP contribution in [0.25, 0.3) is 0 Å². The zero-order valence-corrected chi connectivity index (χ0v) is 8.11. The molecule has 0 unspecified atom stereocenters. The number of nitrogens with zero attached hydrogens (tertiary/aromatic N) is 2. The number of carbonyl (C=O) groups is 2. The second-order valence-electron chi connectivity index (χ2n) is 2.94. The molecule has 1 rings (SSSR count). The molecule has 80 valence electrons. The minimum atomic E-state index is -0.877. The second-order valence-corrected chi connectivity index (χ2v) is 2.94. The lowest BCUT2D eigenvalue weighted by molar-refractivity contribution is -0.113. The van der Waals surface area contributed by atoms with Crippen LogP contribution in [0.1, 0.15) is 12.8 Å². The summed E-state index contributed by atoms with van der Waals surface area (Å²) in [6.45, 7) is 0. The highest BCUT2D eigenvalue weighted by molar-refractivity contribution is 6.46. The molecule has 1 saturated carbocycles. The molecule has 1 aliphatic rings. The molecule has 2 N–H and O–H groups in total. The lowest BCUT2D eigenvalue weighted by Gasteiger charge is -2.02. The Labute approximate surface area is 86.1 Å². The summed E-state index contributed by atoms with van der Waals surface area (Å²) in [7, 11) is 1.20. The summed E-state index contributed by atoms with van der Waals surface area (Å²) in [5.74, 6) is -0.877. The number of nitriles is 1. The Hall–Kier alpha value is -2.10. The highest BCUT2D eigenvalue weighted by Crippen LogP contribution is 2.18. The first-order chi connectivity index (χ1) is 7.17. The monoisotopic (exact) mass is 210 g/mol. The van der Waals surface area contributed by atoms with E-state index in [9.17, 15) is 9.59 Å². The Balaban J connectivity index is 2.42. The number of oxime groups is 1. The van der Waals surface area contributed by atoms with Gasteiger partial charge in [-0.3, -0.25) is 10.1 Å². The first-order valence-electron chi connectivity index (χ1n) is 4.30. The molecule has 0 saturated heterocycles. The molecule has 3 amide bonds. The lowest BCUT2D eigenvalue weighted by atomic mass is 10.4. The average Bonchev–Trinajstić information content (AvgIpc) is 2.97. The Kier molecular flexibility index (Phi) is 3.62. The van der Waals surface area contributed by atoms with Crippen molar-refractivity contribution in [1.29, 1.82) is 5.26 Å². The maximum Gasteiger partial charge on any atom is 0.321 e. The van der Waals surface area contributed by atoms with Crippen molar-refractivity contribution in [2.45, 2.75) is 18.9 Å². The third kappa shape index (κ3) is 3.64. The third-order valence-corrected chi connectivity index (χ3v) is 1.64. The fraction of sp³-hybridized carbons (Fsp3) is 0.500. The van der Waals surface area contributed by atoms with E-state index in [0.29, 0.717) is 0 Å². The van der Waals surface area contributed by atoms with Gasteiger partial charge < -0.3 is 10.2 Å². The predicted octanol–water partition coefficient (Wildman–Crippen LogP) is -0.499. The highest BCUT2D eigenvalue weighted by Gasteiger charge is 2.24. The van der Waals surface area contributed by atoms with Crippen LogP contribution >= 0.6 is 0 Å². The van der Waals surface area contributed by atoms with Gasteiger partial charge in [0.25, 0.3) is 5.91 Å².